The second kappa shape index (κ2) is 8.30. The molecule has 0 radical (unpaired) electrons. The Labute approximate surface area is 156 Å². The van der Waals surface area contributed by atoms with Crippen molar-refractivity contribution >= 4 is 27.7 Å². The van der Waals surface area contributed by atoms with Crippen LogP contribution in [-0.2, 0) is 14.9 Å². The van der Waals surface area contributed by atoms with Gasteiger partial charge < -0.3 is 9.47 Å². The number of hydrogen-bond acceptors (Lipinski definition) is 4. The Hall–Kier alpha value is -2.14. The molecular formula is C20H21BrO4. The summed E-state index contributed by atoms with van der Waals surface area (Å²) in [5, 5.41) is 0.731. The minimum Gasteiger partial charge on any atom is -0.475 e. The van der Waals surface area contributed by atoms with E-state index in [0.717, 1.165) is 10.9 Å². The Morgan fingerprint density at radius 2 is 1.68 bits per heavy atom. The van der Waals surface area contributed by atoms with Crippen LogP contribution in [0.5, 0.6) is 5.75 Å². The van der Waals surface area contributed by atoms with Crippen LogP contribution in [0.2, 0.25) is 0 Å². The number of carbonyl (C=O) groups is 2. The second-order valence-electron chi connectivity index (χ2n) is 5.99. The number of rotatable bonds is 7. The van der Waals surface area contributed by atoms with Gasteiger partial charge in [0.15, 0.2) is 11.4 Å². The van der Waals surface area contributed by atoms with E-state index in [1.807, 2.05) is 12.1 Å². The van der Waals surface area contributed by atoms with E-state index in [2.05, 4.69) is 15.9 Å². The van der Waals surface area contributed by atoms with Gasteiger partial charge in [-0.05, 0) is 38.5 Å². The normalized spacial score (nSPS) is 11.0. The van der Waals surface area contributed by atoms with Crippen LogP contribution in [0.15, 0.2) is 48.5 Å². The van der Waals surface area contributed by atoms with Crippen LogP contribution in [0, 0.1) is 0 Å². The van der Waals surface area contributed by atoms with Crippen LogP contribution in [0.1, 0.15) is 42.3 Å². The van der Waals surface area contributed by atoms with Crippen LogP contribution in [0.25, 0.3) is 0 Å². The zero-order valence-corrected chi connectivity index (χ0v) is 16.1. The molecule has 0 N–H and O–H groups in total. The highest BCUT2D eigenvalue weighted by atomic mass is 79.9. The van der Waals surface area contributed by atoms with Gasteiger partial charge in [0.25, 0.3) is 0 Å². The molecule has 132 valence electrons. The highest BCUT2D eigenvalue weighted by molar-refractivity contribution is 9.08. The number of carbonyl (C=O) groups excluding carboxylic acids is 2. The number of ketones is 1. The zero-order chi connectivity index (χ0) is 18.4. The lowest BCUT2D eigenvalue weighted by molar-refractivity contribution is -0.158. The number of hydrogen-bond donors (Lipinski definition) is 0. The van der Waals surface area contributed by atoms with Crippen molar-refractivity contribution in [1.29, 1.82) is 0 Å². The molecule has 2 rings (SSSR count). The Balaban J connectivity index is 2.30. The lowest BCUT2D eigenvalue weighted by Crippen LogP contribution is -2.40. The summed E-state index contributed by atoms with van der Waals surface area (Å²) in [6.07, 6.45) is 0. The summed E-state index contributed by atoms with van der Waals surface area (Å²) >= 11 is 3.39. The van der Waals surface area contributed by atoms with Gasteiger partial charge in [-0.1, -0.05) is 52.3 Å². The van der Waals surface area contributed by atoms with E-state index in [0.29, 0.717) is 16.9 Å². The molecule has 0 saturated carbocycles. The van der Waals surface area contributed by atoms with Crippen molar-refractivity contribution in [2.75, 3.05) is 6.61 Å². The van der Waals surface area contributed by atoms with E-state index < -0.39 is 11.6 Å². The Morgan fingerprint density at radius 3 is 2.28 bits per heavy atom. The van der Waals surface area contributed by atoms with Crippen LogP contribution < -0.4 is 4.74 Å². The van der Waals surface area contributed by atoms with Crippen molar-refractivity contribution in [3.05, 3.63) is 65.2 Å². The summed E-state index contributed by atoms with van der Waals surface area (Å²) in [5.41, 5.74) is 0.873. The second-order valence-corrected chi connectivity index (χ2v) is 6.55. The van der Waals surface area contributed by atoms with E-state index >= 15 is 0 Å². The van der Waals surface area contributed by atoms with E-state index in [-0.39, 0.29) is 12.4 Å². The van der Waals surface area contributed by atoms with Gasteiger partial charge in [-0.2, -0.15) is 0 Å². The summed E-state index contributed by atoms with van der Waals surface area (Å²) in [6, 6.07) is 14.3. The third kappa shape index (κ3) is 4.69. The third-order valence-electron chi connectivity index (χ3n) is 3.63. The van der Waals surface area contributed by atoms with Crippen LogP contribution >= 0.6 is 15.9 Å². The molecule has 0 unspecified atom stereocenters. The van der Waals surface area contributed by atoms with E-state index in [4.69, 9.17) is 9.47 Å². The highest BCUT2D eigenvalue weighted by Gasteiger charge is 2.32. The molecule has 0 atom stereocenters. The molecule has 25 heavy (non-hydrogen) atoms. The first-order chi connectivity index (χ1) is 11.9. The van der Waals surface area contributed by atoms with Gasteiger partial charge in [-0.3, -0.25) is 4.79 Å². The quantitative estimate of drug-likeness (QED) is 0.386. The molecular weight excluding hydrogens is 384 g/mol. The fourth-order valence-electron chi connectivity index (χ4n) is 2.27. The Kier molecular flexibility index (Phi) is 6.37. The first kappa shape index (κ1) is 19.2. The van der Waals surface area contributed by atoms with Gasteiger partial charge in [0.05, 0.1) is 12.2 Å². The topological polar surface area (TPSA) is 52.6 Å². The third-order valence-corrected chi connectivity index (χ3v) is 4.28. The van der Waals surface area contributed by atoms with Gasteiger partial charge in [0, 0.05) is 10.9 Å². The molecule has 0 aromatic heterocycles. The van der Waals surface area contributed by atoms with Crippen molar-refractivity contribution < 1.29 is 19.1 Å². The average Bonchev–Trinajstić information content (AvgIpc) is 2.61. The summed E-state index contributed by atoms with van der Waals surface area (Å²) in [5.74, 6) is -0.273. The molecule has 0 heterocycles. The van der Waals surface area contributed by atoms with Gasteiger partial charge >= 0.3 is 5.97 Å². The fourth-order valence-corrected chi connectivity index (χ4v) is 2.64. The molecule has 0 aliphatic rings. The number of para-hydroxylation sites is 1. The molecule has 4 nitrogen and oxygen atoms in total. The summed E-state index contributed by atoms with van der Waals surface area (Å²) < 4.78 is 10.9. The summed E-state index contributed by atoms with van der Waals surface area (Å²) in [7, 11) is 0. The molecule has 0 aliphatic heterocycles. The van der Waals surface area contributed by atoms with E-state index in [1.54, 1.807) is 57.2 Å². The maximum Gasteiger partial charge on any atom is 0.349 e. The van der Waals surface area contributed by atoms with Gasteiger partial charge in [0.2, 0.25) is 0 Å². The Morgan fingerprint density at radius 1 is 1.04 bits per heavy atom. The summed E-state index contributed by atoms with van der Waals surface area (Å²) in [6.45, 7) is 5.25. The van der Waals surface area contributed by atoms with Crippen molar-refractivity contribution in [3.8, 4) is 5.75 Å². The SMILES string of the molecule is CCOC(=O)C(C)(C)Oc1ccccc1C(=O)c1ccc(CBr)cc1. The van der Waals surface area contributed by atoms with Crippen LogP contribution in [0.3, 0.4) is 0 Å². The number of benzene rings is 2. The maximum absolute atomic E-state index is 12.8. The molecule has 0 bridgehead atoms. The fraction of sp³-hybridized carbons (Fsp3) is 0.300. The number of ether oxygens (including phenoxy) is 2. The summed E-state index contributed by atoms with van der Waals surface area (Å²) in [4.78, 5) is 24.9. The minimum absolute atomic E-state index is 0.156. The van der Waals surface area contributed by atoms with Gasteiger partial charge in [0.1, 0.15) is 5.75 Å². The molecule has 0 aliphatic carbocycles. The Bertz CT molecular complexity index is 751. The molecule has 0 saturated heterocycles. The molecule has 0 amide bonds. The largest absolute Gasteiger partial charge is 0.475 e. The van der Waals surface area contributed by atoms with E-state index in [1.165, 1.54) is 0 Å². The molecule has 0 spiro atoms. The predicted molar refractivity (Wildman–Crippen MR) is 100 cm³/mol. The number of esters is 1. The van der Waals surface area contributed by atoms with Crippen molar-refractivity contribution in [3.63, 3.8) is 0 Å². The minimum atomic E-state index is -1.19. The molecule has 0 fully saturated rings. The highest BCUT2D eigenvalue weighted by Crippen LogP contribution is 2.26. The van der Waals surface area contributed by atoms with E-state index in [9.17, 15) is 9.59 Å². The smallest absolute Gasteiger partial charge is 0.349 e. The zero-order valence-electron chi connectivity index (χ0n) is 14.5. The van der Waals surface area contributed by atoms with Crippen molar-refractivity contribution in [1.82, 2.24) is 0 Å². The number of alkyl halides is 1. The first-order valence-corrected chi connectivity index (χ1v) is 9.16. The predicted octanol–water partition coefficient (Wildman–Crippen LogP) is 4.53. The number of halogens is 1. The maximum atomic E-state index is 12.8. The standard InChI is InChI=1S/C20H21BrO4/c1-4-24-19(23)20(2,3)25-17-8-6-5-7-16(17)18(22)15-11-9-14(13-21)10-12-15/h5-12H,4,13H2,1-3H3. The van der Waals surface area contributed by atoms with Gasteiger partial charge in [-0.25, -0.2) is 4.79 Å². The average molecular weight is 405 g/mol. The molecule has 5 heteroatoms. The molecule has 2 aromatic carbocycles. The monoisotopic (exact) mass is 404 g/mol. The van der Waals surface area contributed by atoms with Gasteiger partial charge in [-0.15, -0.1) is 0 Å². The first-order valence-electron chi connectivity index (χ1n) is 8.04. The lowest BCUT2D eigenvalue weighted by atomic mass is 10.0. The van der Waals surface area contributed by atoms with Crippen LogP contribution in [0.4, 0.5) is 0 Å². The van der Waals surface area contributed by atoms with Crippen LogP contribution in [-0.4, -0.2) is 24.0 Å². The lowest BCUT2D eigenvalue weighted by Gasteiger charge is -2.25. The van der Waals surface area contributed by atoms with Crippen molar-refractivity contribution in [2.45, 2.75) is 31.7 Å². The van der Waals surface area contributed by atoms with Crippen molar-refractivity contribution in [2.24, 2.45) is 0 Å². The molecule has 2 aromatic rings.